The highest BCUT2D eigenvalue weighted by Crippen LogP contribution is 2.29. The van der Waals surface area contributed by atoms with Crippen molar-refractivity contribution >= 4 is 0 Å². The van der Waals surface area contributed by atoms with E-state index in [4.69, 9.17) is 5.84 Å². The molecule has 8 heteroatoms. The summed E-state index contributed by atoms with van der Waals surface area (Å²) in [5, 5.41) is 4.19. The van der Waals surface area contributed by atoms with E-state index in [0.29, 0.717) is 12.1 Å². The van der Waals surface area contributed by atoms with Gasteiger partial charge < -0.3 is 0 Å². The number of rotatable bonds is 4. The SMILES string of the molecule is Cn1ccc(CC(NN)c2ccc(C(F)(F)F)cn2)n1. The Morgan fingerprint density at radius 3 is 2.55 bits per heavy atom. The first-order valence-electron chi connectivity index (χ1n) is 5.88. The van der Waals surface area contributed by atoms with Gasteiger partial charge in [0.05, 0.1) is 23.0 Å². The number of nitrogens with one attached hydrogen (secondary N) is 1. The van der Waals surface area contributed by atoms with Crippen LogP contribution in [0.4, 0.5) is 13.2 Å². The normalized spacial score (nSPS) is 13.4. The lowest BCUT2D eigenvalue weighted by atomic mass is 10.1. The van der Waals surface area contributed by atoms with Gasteiger partial charge in [0.2, 0.25) is 0 Å². The number of aryl methyl sites for hydroxylation is 1. The molecule has 108 valence electrons. The van der Waals surface area contributed by atoms with Gasteiger partial charge in [-0.3, -0.25) is 20.9 Å². The van der Waals surface area contributed by atoms with Crippen LogP contribution in [-0.2, 0) is 19.6 Å². The minimum absolute atomic E-state index is 0.396. The van der Waals surface area contributed by atoms with Crippen LogP contribution in [0.25, 0.3) is 0 Å². The summed E-state index contributed by atoms with van der Waals surface area (Å²) < 4.78 is 39.0. The van der Waals surface area contributed by atoms with Crippen molar-refractivity contribution in [3.63, 3.8) is 0 Å². The van der Waals surface area contributed by atoms with Crippen molar-refractivity contribution in [3.05, 3.63) is 47.5 Å². The Kier molecular flexibility index (Phi) is 4.05. The standard InChI is InChI=1S/C12H14F3N5/c1-20-5-4-9(19-20)6-11(18-16)10-3-2-8(7-17-10)12(13,14)15/h2-5,7,11,18H,6,16H2,1H3. The van der Waals surface area contributed by atoms with Gasteiger partial charge in [0.15, 0.2) is 0 Å². The molecule has 0 fully saturated rings. The van der Waals surface area contributed by atoms with Gasteiger partial charge in [-0.25, -0.2) is 0 Å². The van der Waals surface area contributed by atoms with E-state index in [9.17, 15) is 13.2 Å². The molecule has 3 N–H and O–H groups in total. The second kappa shape index (κ2) is 5.59. The van der Waals surface area contributed by atoms with Crippen molar-refractivity contribution in [3.8, 4) is 0 Å². The zero-order chi connectivity index (χ0) is 14.8. The van der Waals surface area contributed by atoms with Crippen LogP contribution < -0.4 is 11.3 Å². The number of hydrazine groups is 1. The number of hydrogen-bond donors (Lipinski definition) is 2. The van der Waals surface area contributed by atoms with E-state index >= 15 is 0 Å². The van der Waals surface area contributed by atoms with Gasteiger partial charge >= 0.3 is 6.18 Å². The predicted molar refractivity (Wildman–Crippen MR) is 66.2 cm³/mol. The molecule has 1 atom stereocenters. The Morgan fingerprint density at radius 2 is 2.10 bits per heavy atom. The minimum atomic E-state index is -4.39. The molecule has 2 rings (SSSR count). The van der Waals surface area contributed by atoms with Crippen LogP contribution in [-0.4, -0.2) is 14.8 Å². The van der Waals surface area contributed by atoms with Crippen LogP contribution in [0.1, 0.15) is 23.0 Å². The first kappa shape index (κ1) is 14.5. The summed E-state index contributed by atoms with van der Waals surface area (Å²) in [4.78, 5) is 3.82. The predicted octanol–water partition coefficient (Wildman–Crippen LogP) is 1.58. The van der Waals surface area contributed by atoms with Gasteiger partial charge in [0.25, 0.3) is 0 Å². The van der Waals surface area contributed by atoms with Crippen LogP contribution in [0.2, 0.25) is 0 Å². The molecule has 1 unspecified atom stereocenters. The molecule has 0 aliphatic heterocycles. The summed E-state index contributed by atoms with van der Waals surface area (Å²) in [5.74, 6) is 5.44. The Hall–Kier alpha value is -1.93. The highest BCUT2D eigenvalue weighted by atomic mass is 19.4. The number of alkyl halides is 3. The molecule has 5 nitrogen and oxygen atoms in total. The lowest BCUT2D eigenvalue weighted by Crippen LogP contribution is -2.30. The molecule has 20 heavy (non-hydrogen) atoms. The molecule has 2 aromatic heterocycles. The largest absolute Gasteiger partial charge is 0.417 e. The lowest BCUT2D eigenvalue weighted by Gasteiger charge is -2.15. The molecule has 0 saturated heterocycles. The van der Waals surface area contributed by atoms with Crippen LogP contribution in [0.15, 0.2) is 30.6 Å². The number of pyridine rings is 1. The van der Waals surface area contributed by atoms with Crippen LogP contribution in [0.3, 0.4) is 0 Å². The maximum absolute atomic E-state index is 12.5. The summed E-state index contributed by atoms with van der Waals surface area (Å²) in [6.45, 7) is 0. The van der Waals surface area contributed by atoms with E-state index in [0.717, 1.165) is 18.0 Å². The van der Waals surface area contributed by atoms with Crippen molar-refractivity contribution in [2.75, 3.05) is 0 Å². The van der Waals surface area contributed by atoms with Gasteiger partial charge in [-0.15, -0.1) is 0 Å². The molecule has 0 aromatic carbocycles. The third-order valence-corrected chi connectivity index (χ3v) is 2.85. The highest BCUT2D eigenvalue weighted by molar-refractivity contribution is 5.20. The van der Waals surface area contributed by atoms with E-state index < -0.39 is 17.8 Å². The van der Waals surface area contributed by atoms with Crippen LogP contribution in [0.5, 0.6) is 0 Å². The molecular weight excluding hydrogens is 271 g/mol. The molecule has 2 aromatic rings. The summed E-state index contributed by atoms with van der Waals surface area (Å²) in [7, 11) is 1.78. The van der Waals surface area contributed by atoms with Crippen molar-refractivity contribution in [2.45, 2.75) is 18.6 Å². The van der Waals surface area contributed by atoms with E-state index in [-0.39, 0.29) is 0 Å². The first-order chi connectivity index (χ1) is 9.40. The molecule has 0 aliphatic rings. The van der Waals surface area contributed by atoms with Gasteiger partial charge in [-0.1, -0.05) is 0 Å². The lowest BCUT2D eigenvalue weighted by molar-refractivity contribution is -0.137. The van der Waals surface area contributed by atoms with Gasteiger partial charge in [-0.05, 0) is 18.2 Å². The maximum Gasteiger partial charge on any atom is 0.417 e. The number of nitrogens with zero attached hydrogens (tertiary/aromatic N) is 3. The molecular formula is C12H14F3N5. The Bertz CT molecular complexity index is 561. The van der Waals surface area contributed by atoms with E-state index in [1.54, 1.807) is 17.9 Å². The fraction of sp³-hybridized carbons (Fsp3) is 0.333. The molecule has 2 heterocycles. The second-order valence-corrected chi connectivity index (χ2v) is 4.37. The maximum atomic E-state index is 12.5. The fourth-order valence-corrected chi connectivity index (χ4v) is 1.81. The smallest absolute Gasteiger partial charge is 0.276 e. The Balaban J connectivity index is 2.15. The number of halogens is 3. The molecule has 0 bridgehead atoms. The zero-order valence-corrected chi connectivity index (χ0v) is 10.7. The van der Waals surface area contributed by atoms with Gasteiger partial charge in [-0.2, -0.15) is 18.3 Å². The highest BCUT2D eigenvalue weighted by Gasteiger charge is 2.31. The number of aromatic nitrogens is 3. The van der Waals surface area contributed by atoms with E-state index in [1.807, 2.05) is 6.07 Å². The third kappa shape index (κ3) is 3.34. The summed E-state index contributed by atoms with van der Waals surface area (Å²) in [6.07, 6.45) is -1.37. The van der Waals surface area contributed by atoms with Gasteiger partial charge in [0, 0.05) is 25.9 Å². The summed E-state index contributed by atoms with van der Waals surface area (Å²) in [5.41, 5.74) is 2.97. The fourth-order valence-electron chi connectivity index (χ4n) is 1.81. The van der Waals surface area contributed by atoms with Gasteiger partial charge in [0.1, 0.15) is 0 Å². The molecule has 0 radical (unpaired) electrons. The molecule has 0 aliphatic carbocycles. The monoisotopic (exact) mass is 285 g/mol. The average molecular weight is 285 g/mol. The average Bonchev–Trinajstić information content (AvgIpc) is 2.81. The Labute approximate surface area is 113 Å². The third-order valence-electron chi connectivity index (χ3n) is 2.85. The van der Waals surface area contributed by atoms with Crippen molar-refractivity contribution in [1.82, 2.24) is 20.2 Å². The van der Waals surface area contributed by atoms with Crippen molar-refractivity contribution in [1.29, 1.82) is 0 Å². The molecule has 0 amide bonds. The van der Waals surface area contributed by atoms with E-state index in [2.05, 4.69) is 15.5 Å². The number of nitrogens with two attached hydrogens (primary N) is 1. The second-order valence-electron chi connectivity index (χ2n) is 4.37. The van der Waals surface area contributed by atoms with Crippen molar-refractivity contribution < 1.29 is 13.2 Å². The molecule has 0 spiro atoms. The summed E-state index contributed by atoms with van der Waals surface area (Å²) in [6, 6.07) is 3.72. The first-order valence-corrected chi connectivity index (χ1v) is 5.88. The minimum Gasteiger partial charge on any atom is -0.276 e. The van der Waals surface area contributed by atoms with E-state index in [1.165, 1.54) is 6.07 Å². The number of hydrogen-bond acceptors (Lipinski definition) is 4. The quantitative estimate of drug-likeness (QED) is 0.661. The van der Waals surface area contributed by atoms with Crippen LogP contribution in [0, 0.1) is 0 Å². The van der Waals surface area contributed by atoms with Crippen molar-refractivity contribution in [2.24, 2.45) is 12.9 Å². The zero-order valence-electron chi connectivity index (χ0n) is 10.7. The topological polar surface area (TPSA) is 68.8 Å². The Morgan fingerprint density at radius 1 is 1.35 bits per heavy atom. The summed E-state index contributed by atoms with van der Waals surface area (Å²) >= 11 is 0. The molecule has 0 saturated carbocycles. The van der Waals surface area contributed by atoms with Crippen LogP contribution >= 0.6 is 0 Å².